The number of carbonyl (C=O) groups is 1. The van der Waals surface area contributed by atoms with Crippen LogP contribution in [0.2, 0.25) is 0 Å². The predicted molar refractivity (Wildman–Crippen MR) is 115 cm³/mol. The first-order chi connectivity index (χ1) is 17.5. The Labute approximate surface area is 207 Å². The average molecular weight is 534 g/mol. The highest BCUT2D eigenvalue weighted by Crippen LogP contribution is 2.48. The van der Waals surface area contributed by atoms with Gasteiger partial charge >= 0.3 is 18.5 Å². The third-order valence-electron chi connectivity index (χ3n) is 7.02. The largest absolute Gasteiger partial charge is 0.573 e. The summed E-state index contributed by atoms with van der Waals surface area (Å²) in [5.41, 5.74) is 0.00511. The molecule has 13 heteroatoms. The number of benzene rings is 1. The average Bonchev–Trinajstić information content (AvgIpc) is 3.40. The van der Waals surface area contributed by atoms with E-state index >= 15 is 0 Å². The molecule has 0 spiro atoms. The first-order valence-electron chi connectivity index (χ1n) is 12.0. The monoisotopic (exact) mass is 534 g/mol. The molecular weight excluding hydrogens is 510 g/mol. The van der Waals surface area contributed by atoms with Crippen molar-refractivity contribution in [2.45, 2.75) is 63.3 Å². The zero-order valence-corrected chi connectivity index (χ0v) is 19.5. The lowest BCUT2D eigenvalue weighted by molar-refractivity contribution is -0.275. The molecule has 202 valence electrons. The smallest absolute Gasteiger partial charge is 0.416 e. The van der Waals surface area contributed by atoms with E-state index in [4.69, 9.17) is 9.26 Å². The standard InChI is InChI=1S/C24H24F6N2O5/c25-23(26,27)22(33)35-18-3-1-2-16(21(18)36-24(28,29)30)19-17(20(37-32-19)12-4-5-12)11-34-15-7-6-13-9-31-10-14(13)8-15/h1-3,12-15,31H,4-11H2. The summed E-state index contributed by atoms with van der Waals surface area (Å²) in [5, 5.41) is 7.33. The Balaban J connectivity index is 1.46. The number of nitrogens with one attached hydrogen (secondary N) is 1. The van der Waals surface area contributed by atoms with Crippen LogP contribution in [0.5, 0.6) is 11.5 Å². The number of aromatic nitrogens is 1. The highest BCUT2D eigenvalue weighted by molar-refractivity contribution is 5.81. The fourth-order valence-corrected chi connectivity index (χ4v) is 5.11. The number of para-hydroxylation sites is 1. The third kappa shape index (κ3) is 5.87. The first-order valence-corrected chi connectivity index (χ1v) is 12.0. The SMILES string of the molecule is O=C(Oc1cccc(-c2noc(C3CC3)c2COC2CCC3CNCC3C2)c1OC(F)(F)F)C(F)(F)F. The van der Waals surface area contributed by atoms with Gasteiger partial charge in [0.25, 0.3) is 0 Å². The van der Waals surface area contributed by atoms with Gasteiger partial charge in [0.2, 0.25) is 0 Å². The Morgan fingerprint density at radius 2 is 1.81 bits per heavy atom. The number of nitrogens with zero attached hydrogens (tertiary/aromatic N) is 1. The Morgan fingerprint density at radius 1 is 1.05 bits per heavy atom. The lowest BCUT2D eigenvalue weighted by atomic mass is 9.80. The van der Waals surface area contributed by atoms with E-state index < -0.39 is 30.0 Å². The minimum Gasteiger partial charge on any atom is -0.416 e. The molecule has 3 atom stereocenters. The van der Waals surface area contributed by atoms with E-state index in [1.807, 2.05) is 0 Å². The number of halogens is 6. The minimum atomic E-state index is -5.43. The van der Waals surface area contributed by atoms with Gasteiger partial charge in [-0.15, -0.1) is 13.2 Å². The van der Waals surface area contributed by atoms with E-state index in [1.165, 1.54) is 6.07 Å². The number of hydrogen-bond donors (Lipinski definition) is 1. The Kier molecular flexibility index (Phi) is 6.86. The van der Waals surface area contributed by atoms with Crippen LogP contribution in [0.4, 0.5) is 26.3 Å². The highest BCUT2D eigenvalue weighted by Gasteiger charge is 2.43. The van der Waals surface area contributed by atoms with Crippen molar-refractivity contribution in [3.8, 4) is 22.8 Å². The van der Waals surface area contributed by atoms with Crippen molar-refractivity contribution in [3.63, 3.8) is 0 Å². The van der Waals surface area contributed by atoms with Crippen LogP contribution >= 0.6 is 0 Å². The summed E-state index contributed by atoms with van der Waals surface area (Å²) in [4.78, 5) is 11.4. The van der Waals surface area contributed by atoms with Crippen LogP contribution in [-0.2, 0) is 16.1 Å². The molecule has 3 fully saturated rings. The molecule has 1 N–H and O–H groups in total. The number of fused-ring (bicyclic) bond motifs is 1. The van der Waals surface area contributed by atoms with Crippen molar-refractivity contribution in [3.05, 3.63) is 29.5 Å². The number of ether oxygens (including phenoxy) is 3. The minimum absolute atomic E-state index is 0.00181. The highest BCUT2D eigenvalue weighted by atomic mass is 19.4. The molecule has 2 aliphatic carbocycles. The van der Waals surface area contributed by atoms with E-state index in [0.717, 1.165) is 57.3 Å². The molecule has 7 nitrogen and oxygen atoms in total. The van der Waals surface area contributed by atoms with Crippen molar-refractivity contribution in [2.75, 3.05) is 13.1 Å². The number of rotatable bonds is 7. The van der Waals surface area contributed by atoms with Crippen LogP contribution in [0.15, 0.2) is 22.7 Å². The van der Waals surface area contributed by atoms with Crippen molar-refractivity contribution in [2.24, 2.45) is 11.8 Å². The molecule has 0 radical (unpaired) electrons. The Morgan fingerprint density at radius 3 is 2.51 bits per heavy atom. The predicted octanol–water partition coefficient (Wildman–Crippen LogP) is 5.49. The van der Waals surface area contributed by atoms with Gasteiger partial charge in [-0.05, 0) is 69.2 Å². The van der Waals surface area contributed by atoms with Gasteiger partial charge in [-0.25, -0.2) is 4.79 Å². The summed E-state index contributed by atoms with van der Waals surface area (Å²) >= 11 is 0. The quantitative estimate of drug-likeness (QED) is 0.286. The van der Waals surface area contributed by atoms with Crippen LogP contribution in [0.1, 0.15) is 49.3 Å². The summed E-state index contributed by atoms with van der Waals surface area (Å²) in [6.07, 6.45) is -6.47. The van der Waals surface area contributed by atoms with Gasteiger partial charge in [0.1, 0.15) is 11.5 Å². The molecule has 1 aromatic carbocycles. The summed E-state index contributed by atoms with van der Waals surface area (Å²) in [6, 6.07) is 3.10. The molecule has 5 rings (SSSR count). The zero-order chi connectivity index (χ0) is 26.4. The van der Waals surface area contributed by atoms with Crippen LogP contribution in [0.25, 0.3) is 11.3 Å². The Bertz CT molecular complexity index is 1140. The zero-order valence-electron chi connectivity index (χ0n) is 19.5. The summed E-state index contributed by atoms with van der Waals surface area (Å²) < 4.78 is 98.0. The van der Waals surface area contributed by atoms with Crippen molar-refractivity contribution in [1.82, 2.24) is 10.5 Å². The number of alkyl halides is 6. The lowest BCUT2D eigenvalue weighted by Gasteiger charge is -2.31. The molecule has 1 saturated heterocycles. The third-order valence-corrected chi connectivity index (χ3v) is 7.02. The maximum atomic E-state index is 13.3. The maximum Gasteiger partial charge on any atom is 0.573 e. The second kappa shape index (κ2) is 9.82. The molecule has 2 saturated carbocycles. The van der Waals surface area contributed by atoms with Crippen LogP contribution < -0.4 is 14.8 Å². The van der Waals surface area contributed by atoms with Crippen molar-refractivity contribution >= 4 is 5.97 Å². The molecular formula is C24H24F6N2O5. The summed E-state index contributed by atoms with van der Waals surface area (Å²) in [5.74, 6) is -3.27. The molecule has 2 aromatic rings. The van der Waals surface area contributed by atoms with Crippen LogP contribution in [0.3, 0.4) is 0 Å². The molecule has 1 aromatic heterocycles. The van der Waals surface area contributed by atoms with Crippen molar-refractivity contribution in [1.29, 1.82) is 0 Å². The Hall–Kier alpha value is -2.80. The first kappa shape index (κ1) is 25.8. The van der Waals surface area contributed by atoms with Gasteiger partial charge in [-0.2, -0.15) is 13.2 Å². The molecule has 2 heterocycles. The van der Waals surface area contributed by atoms with E-state index in [9.17, 15) is 31.1 Å². The van der Waals surface area contributed by atoms with Gasteiger partial charge < -0.3 is 24.1 Å². The van der Waals surface area contributed by atoms with Crippen LogP contribution in [-0.4, -0.2) is 42.9 Å². The second-order valence-corrected chi connectivity index (χ2v) is 9.64. The topological polar surface area (TPSA) is 82.8 Å². The van der Waals surface area contributed by atoms with E-state index in [1.54, 1.807) is 0 Å². The summed E-state index contributed by atoms with van der Waals surface area (Å²) in [6.45, 7) is 1.90. The van der Waals surface area contributed by atoms with Gasteiger partial charge in [-0.3, -0.25) is 0 Å². The van der Waals surface area contributed by atoms with Crippen LogP contribution in [0, 0.1) is 11.8 Å². The van der Waals surface area contributed by atoms with E-state index in [0.29, 0.717) is 23.2 Å². The van der Waals surface area contributed by atoms with Gasteiger partial charge in [0.05, 0.1) is 18.3 Å². The van der Waals surface area contributed by atoms with Gasteiger partial charge in [0.15, 0.2) is 11.5 Å². The van der Waals surface area contributed by atoms with Gasteiger partial charge in [-0.1, -0.05) is 11.2 Å². The molecule has 37 heavy (non-hydrogen) atoms. The fourth-order valence-electron chi connectivity index (χ4n) is 5.11. The number of carbonyl (C=O) groups excluding carboxylic acids is 1. The normalized spacial score (nSPS) is 24.1. The molecule has 0 bridgehead atoms. The molecule has 1 aliphatic heterocycles. The second-order valence-electron chi connectivity index (χ2n) is 9.64. The summed E-state index contributed by atoms with van der Waals surface area (Å²) in [7, 11) is 0. The van der Waals surface area contributed by atoms with Gasteiger partial charge in [0, 0.05) is 11.5 Å². The lowest BCUT2D eigenvalue weighted by Crippen LogP contribution is -2.29. The molecule has 3 unspecified atom stereocenters. The van der Waals surface area contributed by atoms with E-state index in [2.05, 4.69) is 19.9 Å². The molecule has 0 amide bonds. The van der Waals surface area contributed by atoms with E-state index in [-0.39, 0.29) is 29.9 Å². The maximum absolute atomic E-state index is 13.3. The fraction of sp³-hybridized carbons (Fsp3) is 0.583. The number of esters is 1. The molecule has 3 aliphatic rings. The van der Waals surface area contributed by atoms with Crippen molar-refractivity contribution < 1.29 is 49.9 Å². The number of hydrogen-bond acceptors (Lipinski definition) is 7.